The van der Waals surface area contributed by atoms with Gasteiger partial charge in [0.05, 0.1) is 0 Å². The highest BCUT2D eigenvalue weighted by atomic mass is 14.8. The topological polar surface area (TPSA) is 0 Å². The van der Waals surface area contributed by atoms with Crippen LogP contribution in [-0.2, 0) is 0 Å². The highest BCUT2D eigenvalue weighted by Crippen LogP contribution is 2.80. The summed E-state index contributed by atoms with van der Waals surface area (Å²) in [4.78, 5) is 0. The van der Waals surface area contributed by atoms with Crippen LogP contribution in [0.5, 0.6) is 0 Å². The van der Waals surface area contributed by atoms with Crippen molar-refractivity contribution in [3.8, 4) is 0 Å². The molecular weight excluding hydrogens is 444 g/mol. The SMILES string of the molecule is CC(C)[C@H](C)[C@]1(C)[C@H](C)[C@]1(C[C@@H](C)CC(C(C)(C)C)(C(C)(C)C)C(C)(C)C)[C@H](C)CC(C)(C)C(C)(C)C. The van der Waals surface area contributed by atoms with E-state index in [1.807, 2.05) is 0 Å². The van der Waals surface area contributed by atoms with Gasteiger partial charge in [0.15, 0.2) is 0 Å². The van der Waals surface area contributed by atoms with Crippen molar-refractivity contribution in [3.63, 3.8) is 0 Å². The second-order valence-electron chi connectivity index (χ2n) is 19.5. The molecule has 0 nitrogen and oxygen atoms in total. The van der Waals surface area contributed by atoms with Gasteiger partial charge < -0.3 is 0 Å². The molecule has 0 aliphatic heterocycles. The van der Waals surface area contributed by atoms with Crippen LogP contribution in [0.3, 0.4) is 0 Å². The molecule has 0 heteroatoms. The molecule has 1 aliphatic carbocycles. The zero-order valence-corrected chi connectivity index (χ0v) is 30.0. The Morgan fingerprint density at radius 3 is 1.27 bits per heavy atom. The Kier molecular flexibility index (Phi) is 9.58. The molecule has 0 heterocycles. The second kappa shape index (κ2) is 10.1. The lowest BCUT2D eigenvalue weighted by atomic mass is 9.42. The van der Waals surface area contributed by atoms with Gasteiger partial charge in [0.2, 0.25) is 0 Å². The van der Waals surface area contributed by atoms with Crippen molar-refractivity contribution in [2.75, 3.05) is 0 Å². The standard InChI is InChI=1S/C37H74/c1-25(2)28(5)35(21)29(6)36(35,27(4)24-34(19,20)30(7,8)9)22-26(3)23-37(31(10,11)12,32(13,14)15)33(16,17)18/h25-29H,22-24H2,1-21H3/t26-,27-,28+,29+,35-,36+/m1/s1. The van der Waals surface area contributed by atoms with Gasteiger partial charge in [0, 0.05) is 0 Å². The van der Waals surface area contributed by atoms with Crippen molar-refractivity contribution in [1.29, 1.82) is 0 Å². The van der Waals surface area contributed by atoms with Crippen LogP contribution < -0.4 is 0 Å². The van der Waals surface area contributed by atoms with E-state index in [0.29, 0.717) is 27.6 Å². The van der Waals surface area contributed by atoms with E-state index in [1.165, 1.54) is 19.3 Å². The van der Waals surface area contributed by atoms with Crippen molar-refractivity contribution in [1.82, 2.24) is 0 Å². The third kappa shape index (κ3) is 5.63. The summed E-state index contributed by atoms with van der Waals surface area (Å²) in [7, 11) is 0. The van der Waals surface area contributed by atoms with E-state index in [2.05, 4.69) is 145 Å². The number of hydrogen-bond donors (Lipinski definition) is 0. The minimum Gasteiger partial charge on any atom is -0.0625 e. The molecule has 0 radical (unpaired) electrons. The molecule has 0 aromatic rings. The van der Waals surface area contributed by atoms with Crippen LogP contribution in [0.2, 0.25) is 0 Å². The summed E-state index contributed by atoms with van der Waals surface area (Å²) < 4.78 is 0. The monoisotopic (exact) mass is 519 g/mol. The predicted molar refractivity (Wildman–Crippen MR) is 170 cm³/mol. The normalized spacial score (nSPS) is 28.9. The molecule has 37 heavy (non-hydrogen) atoms. The van der Waals surface area contributed by atoms with Crippen molar-refractivity contribution in [2.24, 2.45) is 72.9 Å². The average Bonchev–Trinajstić information content (AvgIpc) is 3.10. The van der Waals surface area contributed by atoms with Crippen LogP contribution in [0, 0.1) is 72.9 Å². The molecule has 0 bridgehead atoms. The van der Waals surface area contributed by atoms with Gasteiger partial charge >= 0.3 is 0 Å². The quantitative estimate of drug-likeness (QED) is 0.284. The maximum atomic E-state index is 2.68. The maximum Gasteiger partial charge on any atom is -0.0149 e. The Labute approximate surface area is 237 Å². The van der Waals surface area contributed by atoms with Gasteiger partial charge in [-0.3, -0.25) is 0 Å². The van der Waals surface area contributed by atoms with Crippen LogP contribution >= 0.6 is 0 Å². The molecule has 0 aromatic heterocycles. The summed E-state index contributed by atoms with van der Waals surface area (Å²) in [5.41, 5.74) is 2.39. The van der Waals surface area contributed by atoms with Crippen LogP contribution in [0.25, 0.3) is 0 Å². The molecule has 0 aromatic carbocycles. The van der Waals surface area contributed by atoms with E-state index >= 15 is 0 Å². The molecule has 222 valence electrons. The molecule has 0 unspecified atom stereocenters. The Bertz CT molecular complexity index is 716. The van der Waals surface area contributed by atoms with Gasteiger partial charge in [-0.15, -0.1) is 0 Å². The molecule has 6 atom stereocenters. The summed E-state index contributed by atoms with van der Waals surface area (Å²) in [6.45, 7) is 53.1. The number of hydrogen-bond acceptors (Lipinski definition) is 0. The van der Waals surface area contributed by atoms with E-state index < -0.39 is 0 Å². The minimum atomic E-state index is 0.231. The molecule has 1 rings (SSSR count). The van der Waals surface area contributed by atoms with E-state index in [0.717, 1.165) is 23.7 Å². The molecule has 1 saturated carbocycles. The predicted octanol–water partition coefficient (Wildman–Crippen LogP) is 12.6. The lowest BCUT2D eigenvalue weighted by Gasteiger charge is -2.62. The molecular formula is C37H74. The first kappa shape index (κ1) is 35.0. The first-order valence-corrected chi connectivity index (χ1v) is 16.0. The van der Waals surface area contributed by atoms with Gasteiger partial charge in [-0.1, -0.05) is 145 Å². The molecule has 0 spiro atoms. The second-order valence-corrected chi connectivity index (χ2v) is 19.5. The Morgan fingerprint density at radius 2 is 0.973 bits per heavy atom. The van der Waals surface area contributed by atoms with E-state index in [-0.39, 0.29) is 21.7 Å². The van der Waals surface area contributed by atoms with E-state index in [4.69, 9.17) is 0 Å². The zero-order valence-electron chi connectivity index (χ0n) is 30.0. The lowest BCUT2D eigenvalue weighted by molar-refractivity contribution is -0.139. The smallest absolute Gasteiger partial charge is 0.0149 e. The largest absolute Gasteiger partial charge is 0.0625 e. The highest BCUT2D eigenvalue weighted by molar-refractivity contribution is 5.22. The summed E-state index contributed by atoms with van der Waals surface area (Å²) in [6, 6.07) is 0. The molecule has 1 aliphatic rings. The Morgan fingerprint density at radius 1 is 0.595 bits per heavy atom. The Hall–Kier alpha value is 0. The maximum absolute atomic E-state index is 2.68. The van der Waals surface area contributed by atoms with Gasteiger partial charge in [-0.25, -0.2) is 0 Å². The summed E-state index contributed by atoms with van der Waals surface area (Å²) >= 11 is 0. The number of rotatable bonds is 9. The summed E-state index contributed by atoms with van der Waals surface area (Å²) in [6.07, 6.45) is 3.99. The molecule has 0 saturated heterocycles. The third-order valence-electron chi connectivity index (χ3n) is 13.4. The molecule has 0 amide bonds. The van der Waals surface area contributed by atoms with E-state index in [9.17, 15) is 0 Å². The fourth-order valence-electron chi connectivity index (χ4n) is 10.8. The van der Waals surface area contributed by atoms with Gasteiger partial charge in [0.1, 0.15) is 0 Å². The minimum absolute atomic E-state index is 0.231. The van der Waals surface area contributed by atoms with Crippen LogP contribution in [0.4, 0.5) is 0 Å². The van der Waals surface area contributed by atoms with Crippen LogP contribution in [0.1, 0.15) is 165 Å². The lowest BCUT2D eigenvalue weighted by Crippen LogP contribution is -2.55. The fraction of sp³-hybridized carbons (Fsp3) is 1.00. The Balaban J connectivity index is 3.64. The van der Waals surface area contributed by atoms with Crippen molar-refractivity contribution in [2.45, 2.75) is 165 Å². The van der Waals surface area contributed by atoms with Gasteiger partial charge in [0.25, 0.3) is 0 Å². The van der Waals surface area contributed by atoms with E-state index in [1.54, 1.807) is 0 Å². The fourth-order valence-corrected chi connectivity index (χ4v) is 10.8. The highest BCUT2D eigenvalue weighted by Gasteiger charge is 2.74. The van der Waals surface area contributed by atoms with Crippen LogP contribution in [-0.4, -0.2) is 0 Å². The van der Waals surface area contributed by atoms with Crippen molar-refractivity contribution >= 4 is 0 Å². The summed E-state index contributed by atoms with van der Waals surface area (Å²) in [5, 5.41) is 0. The molecule has 0 N–H and O–H groups in total. The van der Waals surface area contributed by atoms with Crippen molar-refractivity contribution in [3.05, 3.63) is 0 Å². The first-order valence-electron chi connectivity index (χ1n) is 16.0. The zero-order chi connectivity index (χ0) is 30.0. The summed E-state index contributed by atoms with van der Waals surface area (Å²) in [5.74, 6) is 3.66. The average molecular weight is 519 g/mol. The van der Waals surface area contributed by atoms with Gasteiger partial charge in [-0.2, -0.15) is 0 Å². The molecule has 1 fully saturated rings. The first-order chi connectivity index (χ1) is 16.0. The van der Waals surface area contributed by atoms with Crippen molar-refractivity contribution < 1.29 is 0 Å². The van der Waals surface area contributed by atoms with Gasteiger partial charge in [-0.05, 0) is 92.2 Å². The third-order valence-corrected chi connectivity index (χ3v) is 13.4. The van der Waals surface area contributed by atoms with Crippen LogP contribution in [0.15, 0.2) is 0 Å².